The minimum atomic E-state index is -4.05. The Kier molecular flexibility index (Phi) is 7.84. The average molecular weight is 550 g/mol. The smallest absolute Gasteiger partial charge is 0.264 e. The molecule has 2 N–H and O–H groups in total. The molecule has 0 bridgehead atoms. The highest BCUT2D eigenvalue weighted by Crippen LogP contribution is 2.28. The number of nitrogens with one attached hydrogen (secondary N) is 2. The second kappa shape index (κ2) is 11.1. The minimum absolute atomic E-state index is 0.0167. The summed E-state index contributed by atoms with van der Waals surface area (Å²) >= 11 is 0. The van der Waals surface area contributed by atoms with Gasteiger partial charge in [0.25, 0.3) is 20.0 Å². The average Bonchev–Trinajstić information content (AvgIpc) is 2.90. The van der Waals surface area contributed by atoms with Crippen LogP contribution in [0.5, 0.6) is 0 Å². The van der Waals surface area contributed by atoms with E-state index in [2.05, 4.69) is 10.0 Å². The number of rotatable bonds is 9. The van der Waals surface area contributed by atoms with Gasteiger partial charge in [-0.05, 0) is 79.6 Å². The Bertz CT molecular complexity index is 1640. The van der Waals surface area contributed by atoms with Crippen LogP contribution in [0.15, 0.2) is 113 Å². The van der Waals surface area contributed by atoms with Gasteiger partial charge in [0.15, 0.2) is 0 Å². The van der Waals surface area contributed by atoms with Crippen molar-refractivity contribution in [3.05, 3.63) is 114 Å². The minimum Gasteiger partial charge on any atom is -0.325 e. The van der Waals surface area contributed by atoms with Gasteiger partial charge in [0.05, 0.1) is 15.5 Å². The third kappa shape index (κ3) is 6.04. The second-order valence-electron chi connectivity index (χ2n) is 8.59. The van der Waals surface area contributed by atoms with Crippen LogP contribution in [0.4, 0.5) is 17.1 Å². The quantitative estimate of drug-likeness (QED) is 0.307. The Hall–Kier alpha value is -4.15. The molecule has 1 amide bonds. The second-order valence-corrected chi connectivity index (χ2v) is 12.1. The summed E-state index contributed by atoms with van der Waals surface area (Å²) in [6.07, 6.45) is 0. The van der Waals surface area contributed by atoms with Crippen LogP contribution in [0.25, 0.3) is 0 Å². The van der Waals surface area contributed by atoms with Crippen LogP contribution >= 0.6 is 0 Å². The summed E-state index contributed by atoms with van der Waals surface area (Å²) < 4.78 is 56.0. The standard InChI is InChI=1S/C28H27N3O5S2/c1-21-10-9-15-27(22(21)2)31(38(35,36)26-13-7-4-8-14-26)20-28(32)29-23-16-18-25(19-17-23)37(33,34)30-24-11-5-3-6-12-24/h3-19,30H,20H2,1-2H3,(H,29,32). The first kappa shape index (κ1) is 26.9. The van der Waals surface area contributed by atoms with Crippen LogP contribution in [0.1, 0.15) is 11.1 Å². The van der Waals surface area contributed by atoms with Crippen molar-refractivity contribution in [1.29, 1.82) is 0 Å². The van der Waals surface area contributed by atoms with E-state index in [-0.39, 0.29) is 9.79 Å². The number of amides is 1. The highest BCUT2D eigenvalue weighted by Gasteiger charge is 2.28. The number of anilines is 3. The molecule has 0 atom stereocenters. The molecule has 196 valence electrons. The van der Waals surface area contributed by atoms with Gasteiger partial charge in [-0.3, -0.25) is 13.8 Å². The Morgan fingerprint density at radius 2 is 1.29 bits per heavy atom. The van der Waals surface area contributed by atoms with Gasteiger partial charge in [-0.2, -0.15) is 0 Å². The zero-order valence-corrected chi connectivity index (χ0v) is 22.5. The lowest BCUT2D eigenvalue weighted by Gasteiger charge is -2.26. The molecular formula is C28H27N3O5S2. The zero-order valence-electron chi connectivity index (χ0n) is 20.8. The van der Waals surface area contributed by atoms with Gasteiger partial charge in [0.2, 0.25) is 5.91 Å². The maximum absolute atomic E-state index is 13.6. The van der Waals surface area contributed by atoms with Gasteiger partial charge in [-0.15, -0.1) is 0 Å². The van der Waals surface area contributed by atoms with Crippen molar-refractivity contribution in [2.45, 2.75) is 23.6 Å². The molecule has 38 heavy (non-hydrogen) atoms. The van der Waals surface area contributed by atoms with E-state index < -0.39 is 32.5 Å². The number of aryl methyl sites for hydroxylation is 1. The van der Waals surface area contributed by atoms with Crippen molar-refractivity contribution < 1.29 is 21.6 Å². The maximum atomic E-state index is 13.6. The SMILES string of the molecule is Cc1cccc(N(CC(=O)Nc2ccc(S(=O)(=O)Nc3ccccc3)cc2)S(=O)(=O)c2ccccc2)c1C. The maximum Gasteiger partial charge on any atom is 0.264 e. The molecule has 8 nitrogen and oxygen atoms in total. The molecule has 0 saturated carbocycles. The molecule has 0 unspecified atom stereocenters. The first-order valence-corrected chi connectivity index (χ1v) is 14.6. The first-order chi connectivity index (χ1) is 18.1. The van der Waals surface area contributed by atoms with Gasteiger partial charge in [0, 0.05) is 11.4 Å². The predicted octanol–water partition coefficient (Wildman–Crippen LogP) is 4.94. The molecule has 0 heterocycles. The van der Waals surface area contributed by atoms with Gasteiger partial charge in [-0.1, -0.05) is 48.5 Å². The molecular weight excluding hydrogens is 522 g/mol. The van der Waals surface area contributed by atoms with E-state index in [9.17, 15) is 21.6 Å². The highest BCUT2D eigenvalue weighted by atomic mass is 32.2. The fourth-order valence-electron chi connectivity index (χ4n) is 3.79. The molecule has 0 aromatic heterocycles. The van der Waals surface area contributed by atoms with Gasteiger partial charge < -0.3 is 5.32 Å². The number of nitrogens with zero attached hydrogens (tertiary/aromatic N) is 1. The number of sulfonamides is 2. The molecule has 10 heteroatoms. The van der Waals surface area contributed by atoms with Crippen LogP contribution in [0.2, 0.25) is 0 Å². The van der Waals surface area contributed by atoms with E-state index >= 15 is 0 Å². The van der Waals surface area contributed by atoms with Crippen LogP contribution in [0, 0.1) is 13.8 Å². The van der Waals surface area contributed by atoms with Crippen LogP contribution < -0.4 is 14.3 Å². The van der Waals surface area contributed by atoms with E-state index in [0.29, 0.717) is 17.1 Å². The largest absolute Gasteiger partial charge is 0.325 e. The lowest BCUT2D eigenvalue weighted by Crippen LogP contribution is -2.38. The Labute approximate surface area is 223 Å². The summed E-state index contributed by atoms with van der Waals surface area (Å²) in [7, 11) is -7.87. The van der Waals surface area contributed by atoms with Crippen molar-refractivity contribution in [1.82, 2.24) is 0 Å². The van der Waals surface area contributed by atoms with E-state index in [1.165, 1.54) is 36.4 Å². The molecule has 4 rings (SSSR count). The monoisotopic (exact) mass is 549 g/mol. The lowest BCUT2D eigenvalue weighted by atomic mass is 10.1. The molecule has 0 aliphatic heterocycles. The lowest BCUT2D eigenvalue weighted by molar-refractivity contribution is -0.114. The summed E-state index contributed by atoms with van der Waals surface area (Å²) in [5, 5.41) is 2.67. The summed E-state index contributed by atoms with van der Waals surface area (Å²) in [6, 6.07) is 27.3. The highest BCUT2D eigenvalue weighted by molar-refractivity contribution is 7.93. The fourth-order valence-corrected chi connectivity index (χ4v) is 6.35. The van der Waals surface area contributed by atoms with E-state index in [0.717, 1.165) is 15.4 Å². The fraction of sp³-hybridized carbons (Fsp3) is 0.107. The zero-order chi connectivity index (χ0) is 27.3. The van der Waals surface area contributed by atoms with Crippen LogP contribution in [0.3, 0.4) is 0 Å². The summed E-state index contributed by atoms with van der Waals surface area (Å²) in [5.41, 5.74) is 2.78. The van der Waals surface area contributed by atoms with Crippen molar-refractivity contribution >= 4 is 43.0 Å². The van der Waals surface area contributed by atoms with E-state index in [4.69, 9.17) is 0 Å². The summed E-state index contributed by atoms with van der Waals surface area (Å²) in [6.45, 7) is 3.20. The van der Waals surface area contributed by atoms with E-state index in [1.54, 1.807) is 67.6 Å². The topological polar surface area (TPSA) is 113 Å². The first-order valence-electron chi connectivity index (χ1n) is 11.7. The number of para-hydroxylation sites is 1. The number of carbonyl (C=O) groups excluding carboxylic acids is 1. The number of carbonyl (C=O) groups is 1. The molecule has 4 aromatic rings. The van der Waals surface area contributed by atoms with Gasteiger partial charge in [0.1, 0.15) is 6.54 Å². The van der Waals surface area contributed by atoms with Crippen LogP contribution in [-0.4, -0.2) is 29.3 Å². The summed E-state index contributed by atoms with van der Waals surface area (Å²) in [5.74, 6) is -0.580. The third-order valence-corrected chi connectivity index (χ3v) is 9.11. The normalized spacial score (nSPS) is 11.5. The third-order valence-electron chi connectivity index (χ3n) is 5.94. The Morgan fingerprint density at radius 1 is 0.684 bits per heavy atom. The molecule has 0 radical (unpaired) electrons. The number of hydrogen-bond acceptors (Lipinski definition) is 5. The van der Waals surface area contributed by atoms with E-state index in [1.807, 2.05) is 13.0 Å². The van der Waals surface area contributed by atoms with Crippen molar-refractivity contribution in [3.63, 3.8) is 0 Å². The Morgan fingerprint density at radius 3 is 1.92 bits per heavy atom. The van der Waals surface area contributed by atoms with Crippen molar-refractivity contribution in [2.24, 2.45) is 0 Å². The molecule has 0 fully saturated rings. The van der Waals surface area contributed by atoms with Crippen molar-refractivity contribution in [3.8, 4) is 0 Å². The van der Waals surface area contributed by atoms with Crippen LogP contribution in [-0.2, 0) is 24.8 Å². The molecule has 0 aliphatic rings. The Balaban J connectivity index is 1.56. The summed E-state index contributed by atoms with van der Waals surface area (Å²) in [4.78, 5) is 13.1. The molecule has 4 aromatic carbocycles. The number of benzene rings is 4. The predicted molar refractivity (Wildman–Crippen MR) is 149 cm³/mol. The molecule has 0 spiro atoms. The van der Waals surface area contributed by atoms with Gasteiger partial charge >= 0.3 is 0 Å². The van der Waals surface area contributed by atoms with Gasteiger partial charge in [-0.25, -0.2) is 16.8 Å². The van der Waals surface area contributed by atoms with Crippen molar-refractivity contribution in [2.75, 3.05) is 20.9 Å². The number of hydrogen-bond donors (Lipinski definition) is 2. The molecule has 0 aliphatic carbocycles. The molecule has 0 saturated heterocycles.